The van der Waals surface area contributed by atoms with Gasteiger partial charge in [0.25, 0.3) is 0 Å². The smallest absolute Gasteiger partial charge is 0.191 e. The first kappa shape index (κ1) is 20.9. The highest BCUT2D eigenvalue weighted by Crippen LogP contribution is 2.51. The van der Waals surface area contributed by atoms with E-state index >= 15 is 0 Å². The summed E-state index contributed by atoms with van der Waals surface area (Å²) in [7, 11) is 1.77. The number of ether oxygens (including phenoxy) is 1. The van der Waals surface area contributed by atoms with Crippen molar-refractivity contribution in [2.45, 2.75) is 51.4 Å². The molecule has 142 valence electrons. The zero-order chi connectivity index (χ0) is 17.4. The standard InChI is InChI=1S/C18H29N3O2S.HI/c1-17(2)14(13-6-5-8-23-15(13)17)21-16(19-4)20-11-18(3,22)12-7-9-24-10-12;/h7,9-10,13-15,22H,5-6,8,11H2,1-4H3,(H2,19,20,21);1H. The van der Waals surface area contributed by atoms with Gasteiger partial charge in [-0.2, -0.15) is 11.3 Å². The van der Waals surface area contributed by atoms with E-state index in [0.717, 1.165) is 24.6 Å². The maximum absolute atomic E-state index is 10.7. The van der Waals surface area contributed by atoms with E-state index in [9.17, 15) is 5.11 Å². The normalized spacial score (nSPS) is 30.3. The molecule has 1 aliphatic heterocycles. The second-order valence-electron chi connectivity index (χ2n) is 7.75. The Bertz CT molecular complexity index is 589. The van der Waals surface area contributed by atoms with Crippen molar-refractivity contribution in [3.05, 3.63) is 22.4 Å². The Balaban J connectivity index is 0.00000225. The molecule has 2 fully saturated rings. The summed E-state index contributed by atoms with van der Waals surface area (Å²) in [5.74, 6) is 1.29. The minimum absolute atomic E-state index is 0. The van der Waals surface area contributed by atoms with E-state index in [0.29, 0.717) is 24.6 Å². The number of nitrogens with one attached hydrogen (secondary N) is 2. The van der Waals surface area contributed by atoms with Crippen LogP contribution in [0.25, 0.3) is 0 Å². The molecular formula is C18H30IN3O2S. The number of halogens is 1. The summed E-state index contributed by atoms with van der Waals surface area (Å²) >= 11 is 1.59. The van der Waals surface area contributed by atoms with E-state index in [1.807, 2.05) is 23.8 Å². The van der Waals surface area contributed by atoms with E-state index < -0.39 is 5.60 Å². The van der Waals surface area contributed by atoms with Crippen molar-refractivity contribution in [1.82, 2.24) is 10.6 Å². The van der Waals surface area contributed by atoms with Crippen molar-refractivity contribution in [1.29, 1.82) is 0 Å². The first-order chi connectivity index (χ1) is 11.4. The fraction of sp³-hybridized carbons (Fsp3) is 0.722. The Hall–Kier alpha value is -0.380. The van der Waals surface area contributed by atoms with Crippen LogP contribution in [0.1, 0.15) is 39.2 Å². The maximum atomic E-state index is 10.7. The van der Waals surface area contributed by atoms with Gasteiger partial charge in [-0.3, -0.25) is 4.99 Å². The number of fused-ring (bicyclic) bond motifs is 1. The number of aliphatic imine (C=N–C) groups is 1. The summed E-state index contributed by atoms with van der Waals surface area (Å²) in [6, 6.07) is 2.31. The second-order valence-corrected chi connectivity index (χ2v) is 8.53. The highest BCUT2D eigenvalue weighted by molar-refractivity contribution is 14.0. The number of hydrogen-bond donors (Lipinski definition) is 3. The van der Waals surface area contributed by atoms with E-state index in [1.165, 1.54) is 6.42 Å². The van der Waals surface area contributed by atoms with Gasteiger partial charge in [-0.25, -0.2) is 0 Å². The third kappa shape index (κ3) is 4.14. The molecule has 3 N–H and O–H groups in total. The Labute approximate surface area is 171 Å². The van der Waals surface area contributed by atoms with E-state index in [4.69, 9.17) is 4.74 Å². The van der Waals surface area contributed by atoms with Gasteiger partial charge in [0.1, 0.15) is 5.60 Å². The van der Waals surface area contributed by atoms with Gasteiger partial charge in [-0.1, -0.05) is 13.8 Å². The lowest BCUT2D eigenvalue weighted by Gasteiger charge is -2.60. The lowest BCUT2D eigenvalue weighted by atomic mass is 9.55. The molecule has 1 aliphatic carbocycles. The van der Waals surface area contributed by atoms with Crippen LogP contribution in [0.5, 0.6) is 0 Å². The van der Waals surface area contributed by atoms with Gasteiger partial charge >= 0.3 is 0 Å². The molecule has 0 amide bonds. The van der Waals surface area contributed by atoms with Crippen molar-refractivity contribution in [3.8, 4) is 0 Å². The maximum Gasteiger partial charge on any atom is 0.191 e. The molecule has 4 unspecified atom stereocenters. The van der Waals surface area contributed by atoms with Crippen LogP contribution < -0.4 is 10.6 Å². The van der Waals surface area contributed by atoms with Crippen molar-refractivity contribution < 1.29 is 9.84 Å². The van der Waals surface area contributed by atoms with Gasteiger partial charge in [0.2, 0.25) is 0 Å². The Kier molecular flexibility index (Phi) is 6.78. The molecule has 4 atom stereocenters. The van der Waals surface area contributed by atoms with Crippen LogP contribution >= 0.6 is 35.3 Å². The minimum atomic E-state index is -0.913. The molecule has 5 nitrogen and oxygen atoms in total. The topological polar surface area (TPSA) is 65.9 Å². The molecule has 1 aromatic rings. The predicted molar refractivity (Wildman–Crippen MR) is 114 cm³/mol. The van der Waals surface area contributed by atoms with Gasteiger partial charge in [-0.05, 0) is 42.2 Å². The molecule has 0 aromatic carbocycles. The van der Waals surface area contributed by atoms with Gasteiger partial charge in [0, 0.05) is 31.0 Å². The summed E-state index contributed by atoms with van der Waals surface area (Å²) in [5, 5.41) is 21.5. The molecule has 2 aliphatic rings. The third-order valence-electron chi connectivity index (χ3n) is 5.59. The lowest BCUT2D eigenvalue weighted by Crippen LogP contribution is -2.71. The average Bonchev–Trinajstić information content (AvgIpc) is 3.10. The van der Waals surface area contributed by atoms with E-state index in [2.05, 4.69) is 29.5 Å². The zero-order valence-corrected chi connectivity index (χ0v) is 18.6. The highest BCUT2D eigenvalue weighted by Gasteiger charge is 2.58. The summed E-state index contributed by atoms with van der Waals surface area (Å²) in [6.45, 7) is 7.64. The first-order valence-corrected chi connectivity index (χ1v) is 9.64. The quantitative estimate of drug-likeness (QED) is 0.353. The van der Waals surface area contributed by atoms with Crippen LogP contribution in [-0.2, 0) is 10.3 Å². The zero-order valence-electron chi connectivity index (χ0n) is 15.4. The third-order valence-corrected chi connectivity index (χ3v) is 6.27. The summed E-state index contributed by atoms with van der Waals surface area (Å²) in [4.78, 5) is 4.34. The Morgan fingerprint density at radius 2 is 2.28 bits per heavy atom. The van der Waals surface area contributed by atoms with Gasteiger partial charge in [0.15, 0.2) is 5.96 Å². The summed E-state index contributed by atoms with van der Waals surface area (Å²) in [6.07, 6.45) is 2.68. The fourth-order valence-corrected chi connectivity index (χ4v) is 4.87. The largest absolute Gasteiger partial charge is 0.384 e. The molecular weight excluding hydrogens is 449 g/mol. The number of nitrogens with zero attached hydrogens (tertiary/aromatic N) is 1. The molecule has 25 heavy (non-hydrogen) atoms. The van der Waals surface area contributed by atoms with Crippen molar-refractivity contribution in [3.63, 3.8) is 0 Å². The van der Waals surface area contributed by atoms with E-state index in [1.54, 1.807) is 18.4 Å². The van der Waals surface area contributed by atoms with Crippen LogP contribution in [-0.4, -0.2) is 43.4 Å². The van der Waals surface area contributed by atoms with Crippen LogP contribution in [0.2, 0.25) is 0 Å². The molecule has 0 bridgehead atoms. The van der Waals surface area contributed by atoms with Crippen LogP contribution in [0, 0.1) is 11.3 Å². The molecule has 1 aromatic heterocycles. The van der Waals surface area contributed by atoms with Gasteiger partial charge in [0.05, 0.1) is 12.6 Å². The minimum Gasteiger partial charge on any atom is -0.384 e. The molecule has 0 spiro atoms. The van der Waals surface area contributed by atoms with Gasteiger partial charge < -0.3 is 20.5 Å². The Morgan fingerprint density at radius 1 is 1.52 bits per heavy atom. The lowest BCUT2D eigenvalue weighted by molar-refractivity contribution is -0.188. The number of hydrogen-bond acceptors (Lipinski definition) is 4. The van der Waals surface area contributed by atoms with Crippen molar-refractivity contribution in [2.24, 2.45) is 16.3 Å². The molecule has 0 radical (unpaired) electrons. The summed E-state index contributed by atoms with van der Waals surface area (Å²) < 4.78 is 5.96. The summed E-state index contributed by atoms with van der Waals surface area (Å²) in [5.41, 5.74) is 0.113. The number of aliphatic hydroxyl groups is 1. The van der Waals surface area contributed by atoms with E-state index in [-0.39, 0.29) is 29.4 Å². The van der Waals surface area contributed by atoms with Crippen LogP contribution in [0.3, 0.4) is 0 Å². The number of rotatable bonds is 4. The van der Waals surface area contributed by atoms with Crippen molar-refractivity contribution >= 4 is 41.3 Å². The fourth-order valence-electron chi connectivity index (χ4n) is 4.09. The first-order valence-electron chi connectivity index (χ1n) is 8.70. The monoisotopic (exact) mass is 479 g/mol. The molecule has 3 rings (SSSR count). The van der Waals surface area contributed by atoms with Crippen molar-refractivity contribution in [2.75, 3.05) is 20.2 Å². The van der Waals surface area contributed by atoms with Crippen LogP contribution in [0.15, 0.2) is 21.8 Å². The molecule has 1 saturated heterocycles. The van der Waals surface area contributed by atoms with Gasteiger partial charge in [-0.15, -0.1) is 24.0 Å². The molecule has 2 heterocycles. The predicted octanol–water partition coefficient (Wildman–Crippen LogP) is 2.94. The molecule has 7 heteroatoms. The van der Waals surface area contributed by atoms with Crippen LogP contribution in [0.4, 0.5) is 0 Å². The second kappa shape index (κ2) is 8.10. The average molecular weight is 479 g/mol. The number of thiophene rings is 1. The molecule has 1 saturated carbocycles. The highest BCUT2D eigenvalue weighted by atomic mass is 127. The number of guanidine groups is 1. The Morgan fingerprint density at radius 3 is 2.92 bits per heavy atom. The SMILES string of the molecule is CN=C(NCC(C)(O)c1ccsc1)NC1C2CCCOC2C1(C)C.I.